The van der Waals surface area contributed by atoms with Gasteiger partial charge in [-0.25, -0.2) is 0 Å². The Labute approximate surface area is 101 Å². The molecule has 0 atom stereocenters. The second kappa shape index (κ2) is 3.43. The Bertz CT molecular complexity index is 382. The van der Waals surface area contributed by atoms with Gasteiger partial charge in [0.1, 0.15) is 0 Å². The predicted molar refractivity (Wildman–Crippen MR) is 74.3 cm³/mol. The third-order valence-corrected chi connectivity index (χ3v) is 11.8. The summed E-state index contributed by atoms with van der Waals surface area (Å²) in [5.74, 6) is 0. The SMILES string of the molecule is CC1=CCP(Br)(Br)(c2ccccc2)C1. The summed E-state index contributed by atoms with van der Waals surface area (Å²) in [6, 6.07) is 10.7. The summed E-state index contributed by atoms with van der Waals surface area (Å²) >= 11 is 7.99. The van der Waals surface area contributed by atoms with Crippen molar-refractivity contribution in [2.75, 3.05) is 12.3 Å². The first kappa shape index (κ1) is 10.9. The Kier molecular flexibility index (Phi) is 2.66. The fourth-order valence-corrected chi connectivity index (χ4v) is 9.68. The van der Waals surface area contributed by atoms with Gasteiger partial charge in [-0.1, -0.05) is 0 Å². The molecule has 0 unspecified atom stereocenters. The van der Waals surface area contributed by atoms with Crippen LogP contribution in [0, 0.1) is 0 Å². The van der Waals surface area contributed by atoms with Crippen molar-refractivity contribution in [3.05, 3.63) is 42.0 Å². The van der Waals surface area contributed by atoms with E-state index in [1.807, 2.05) is 0 Å². The molecule has 1 aliphatic rings. The minimum absolute atomic E-state index is 1.13. The topological polar surface area (TPSA) is 0 Å². The standard InChI is InChI=1S/C11H13Br2P/c1-10-7-8-14(12,13,9-10)11-5-3-2-4-6-11/h2-7H,8-9H2,1H3. The molecule has 1 aliphatic heterocycles. The second-order valence-corrected chi connectivity index (χ2v) is 20.8. The van der Waals surface area contributed by atoms with Crippen LogP contribution in [0.1, 0.15) is 6.92 Å². The van der Waals surface area contributed by atoms with Gasteiger partial charge >= 0.3 is 102 Å². The van der Waals surface area contributed by atoms with Crippen LogP contribution < -0.4 is 5.30 Å². The Morgan fingerprint density at radius 3 is 2.29 bits per heavy atom. The average molecular weight is 336 g/mol. The number of benzene rings is 1. The zero-order chi connectivity index (χ0) is 10.3. The molecule has 0 nitrogen and oxygen atoms in total. The summed E-state index contributed by atoms with van der Waals surface area (Å²) < 4.78 is -1.97. The van der Waals surface area contributed by atoms with Gasteiger partial charge in [-0.05, 0) is 0 Å². The Hall–Kier alpha value is 0.350. The molecule has 0 fully saturated rings. The van der Waals surface area contributed by atoms with Gasteiger partial charge in [0.25, 0.3) is 0 Å². The average Bonchev–Trinajstić information content (AvgIpc) is 2.45. The number of rotatable bonds is 1. The molecule has 0 amide bonds. The van der Waals surface area contributed by atoms with Gasteiger partial charge in [-0.3, -0.25) is 0 Å². The van der Waals surface area contributed by atoms with Gasteiger partial charge in [0.05, 0.1) is 0 Å². The first-order valence-electron chi connectivity index (χ1n) is 4.66. The van der Waals surface area contributed by atoms with Gasteiger partial charge in [0, 0.05) is 0 Å². The fourth-order valence-electron chi connectivity index (χ4n) is 1.90. The Morgan fingerprint density at radius 2 is 1.79 bits per heavy atom. The number of hydrogen-bond acceptors (Lipinski definition) is 0. The van der Waals surface area contributed by atoms with Crippen molar-refractivity contribution in [2.45, 2.75) is 6.92 Å². The van der Waals surface area contributed by atoms with E-state index in [1.54, 1.807) is 0 Å². The van der Waals surface area contributed by atoms with E-state index in [0.717, 1.165) is 12.3 Å². The van der Waals surface area contributed by atoms with E-state index in [-0.39, 0.29) is 0 Å². The van der Waals surface area contributed by atoms with Crippen molar-refractivity contribution >= 4 is 40.3 Å². The Balaban J connectivity index is 2.43. The maximum absolute atomic E-state index is 3.99. The molecule has 0 aliphatic carbocycles. The number of hydrogen-bond donors (Lipinski definition) is 0. The van der Waals surface area contributed by atoms with Crippen LogP contribution in [0.2, 0.25) is 0 Å². The van der Waals surface area contributed by atoms with Crippen molar-refractivity contribution in [2.24, 2.45) is 0 Å². The molecular formula is C11H13Br2P. The van der Waals surface area contributed by atoms with Gasteiger partial charge in [0.15, 0.2) is 0 Å². The van der Waals surface area contributed by atoms with Gasteiger partial charge < -0.3 is 0 Å². The maximum atomic E-state index is 3.99. The summed E-state index contributed by atoms with van der Waals surface area (Å²) in [5.41, 5.74) is 1.49. The molecule has 14 heavy (non-hydrogen) atoms. The molecular weight excluding hydrogens is 323 g/mol. The third-order valence-electron chi connectivity index (χ3n) is 2.67. The van der Waals surface area contributed by atoms with Crippen molar-refractivity contribution < 1.29 is 0 Å². The normalized spacial score (nSPS) is 26.2. The van der Waals surface area contributed by atoms with E-state index in [0.29, 0.717) is 0 Å². The second-order valence-electron chi connectivity index (χ2n) is 3.98. The van der Waals surface area contributed by atoms with Crippen LogP contribution in [0.5, 0.6) is 0 Å². The quantitative estimate of drug-likeness (QED) is 0.525. The fraction of sp³-hybridized carbons (Fsp3) is 0.273. The molecule has 0 spiro atoms. The van der Waals surface area contributed by atoms with E-state index in [2.05, 4.69) is 74.3 Å². The van der Waals surface area contributed by atoms with Crippen molar-refractivity contribution in [1.29, 1.82) is 0 Å². The molecule has 3 heteroatoms. The molecule has 0 saturated carbocycles. The van der Waals surface area contributed by atoms with Crippen molar-refractivity contribution in [3.8, 4) is 0 Å². The molecule has 0 radical (unpaired) electrons. The zero-order valence-electron chi connectivity index (χ0n) is 8.08. The van der Waals surface area contributed by atoms with E-state index in [9.17, 15) is 0 Å². The number of halogens is 2. The van der Waals surface area contributed by atoms with Crippen LogP contribution in [-0.4, -0.2) is 12.3 Å². The van der Waals surface area contributed by atoms with Crippen LogP contribution in [0.4, 0.5) is 0 Å². The molecule has 1 heterocycles. The van der Waals surface area contributed by atoms with E-state index in [4.69, 9.17) is 0 Å². The van der Waals surface area contributed by atoms with Crippen molar-refractivity contribution in [1.82, 2.24) is 0 Å². The van der Waals surface area contributed by atoms with E-state index < -0.39 is 4.01 Å². The molecule has 0 saturated heterocycles. The summed E-state index contributed by atoms with van der Waals surface area (Å²) in [6.45, 7) is 2.21. The summed E-state index contributed by atoms with van der Waals surface area (Å²) in [4.78, 5) is 0. The molecule has 2 rings (SSSR count). The van der Waals surface area contributed by atoms with Crippen LogP contribution >= 0.6 is 35.0 Å². The summed E-state index contributed by atoms with van der Waals surface area (Å²) in [7, 11) is 0. The molecule has 0 N–H and O–H groups in total. The van der Waals surface area contributed by atoms with Crippen LogP contribution in [0.25, 0.3) is 0 Å². The predicted octanol–water partition coefficient (Wildman–Crippen LogP) is 4.44. The van der Waals surface area contributed by atoms with Crippen LogP contribution in [0.3, 0.4) is 0 Å². The first-order chi connectivity index (χ1) is 6.50. The molecule has 0 bridgehead atoms. The van der Waals surface area contributed by atoms with Gasteiger partial charge in [-0.15, -0.1) is 0 Å². The first-order valence-corrected chi connectivity index (χ1v) is 11.3. The Morgan fingerprint density at radius 1 is 1.14 bits per heavy atom. The van der Waals surface area contributed by atoms with Gasteiger partial charge in [0.2, 0.25) is 0 Å². The minimum atomic E-state index is -1.97. The molecule has 1 aromatic rings. The number of allylic oxidation sites excluding steroid dienone is 2. The van der Waals surface area contributed by atoms with E-state index >= 15 is 0 Å². The molecule has 76 valence electrons. The van der Waals surface area contributed by atoms with Gasteiger partial charge in [-0.2, -0.15) is 0 Å². The van der Waals surface area contributed by atoms with Crippen LogP contribution in [-0.2, 0) is 0 Å². The summed E-state index contributed by atoms with van der Waals surface area (Å²) in [6.07, 6.45) is 4.62. The monoisotopic (exact) mass is 334 g/mol. The van der Waals surface area contributed by atoms with Crippen molar-refractivity contribution in [3.63, 3.8) is 0 Å². The van der Waals surface area contributed by atoms with E-state index in [1.165, 1.54) is 10.9 Å². The third kappa shape index (κ3) is 1.85. The van der Waals surface area contributed by atoms with Crippen LogP contribution in [0.15, 0.2) is 42.0 Å². The zero-order valence-corrected chi connectivity index (χ0v) is 12.1. The molecule has 0 aromatic heterocycles. The summed E-state index contributed by atoms with van der Waals surface area (Å²) in [5, 5.41) is 1.42. The molecule has 1 aromatic carbocycles.